The van der Waals surface area contributed by atoms with Gasteiger partial charge in [-0.1, -0.05) is 32.1 Å². The molecule has 2 aromatic heterocycles. The van der Waals surface area contributed by atoms with Gasteiger partial charge in [0, 0.05) is 18.7 Å². The van der Waals surface area contributed by atoms with Crippen molar-refractivity contribution in [2.75, 3.05) is 6.54 Å². The number of aromatic amines is 1. The number of hydrogen-bond acceptors (Lipinski definition) is 7. The fourth-order valence-electron chi connectivity index (χ4n) is 5.95. The third-order valence-electron chi connectivity index (χ3n) is 8.18. The van der Waals surface area contributed by atoms with Gasteiger partial charge in [-0.2, -0.15) is 0 Å². The predicted molar refractivity (Wildman–Crippen MR) is 155 cm³/mol. The topological polar surface area (TPSA) is 190 Å². The van der Waals surface area contributed by atoms with Crippen molar-refractivity contribution in [3.8, 4) is 0 Å². The van der Waals surface area contributed by atoms with E-state index in [1.165, 1.54) is 24.4 Å². The molecule has 1 aliphatic heterocycles. The highest BCUT2D eigenvalue weighted by molar-refractivity contribution is 5.97. The van der Waals surface area contributed by atoms with E-state index in [1.807, 2.05) is 0 Å². The highest BCUT2D eigenvalue weighted by atomic mass is 16.4. The fraction of sp³-hybridized carbons (Fsp3) is 0.483. The van der Waals surface area contributed by atoms with Crippen LogP contribution in [0.4, 0.5) is 0 Å². The van der Waals surface area contributed by atoms with Gasteiger partial charge in [-0.15, -0.1) is 0 Å². The number of nitrogens with one attached hydrogen (secondary N) is 3. The Morgan fingerprint density at radius 1 is 1.12 bits per heavy atom. The van der Waals surface area contributed by atoms with Crippen LogP contribution in [-0.4, -0.2) is 65.2 Å². The summed E-state index contributed by atoms with van der Waals surface area (Å²) in [5, 5.41) is 14.4. The molecule has 14 nitrogen and oxygen atoms in total. The number of carboxylic acid groups (broad SMARTS) is 1. The van der Waals surface area contributed by atoms with E-state index in [-0.39, 0.29) is 19.6 Å². The van der Waals surface area contributed by atoms with Crippen molar-refractivity contribution >= 4 is 34.6 Å². The summed E-state index contributed by atoms with van der Waals surface area (Å²) in [6, 6.07) is 2.45. The summed E-state index contributed by atoms with van der Waals surface area (Å²) >= 11 is 0. The summed E-state index contributed by atoms with van der Waals surface area (Å²) in [5.74, 6) is -2.55. The van der Waals surface area contributed by atoms with E-state index in [2.05, 4.69) is 20.6 Å². The molecule has 1 saturated carbocycles. The molecule has 0 spiro atoms. The summed E-state index contributed by atoms with van der Waals surface area (Å²) in [7, 11) is 0. The molecule has 43 heavy (non-hydrogen) atoms. The number of amides is 2. The minimum atomic E-state index is -1.28. The molecule has 0 bridgehead atoms. The maximum atomic E-state index is 13.5. The lowest BCUT2D eigenvalue weighted by Gasteiger charge is -2.28. The van der Waals surface area contributed by atoms with Crippen LogP contribution in [0.1, 0.15) is 68.3 Å². The molecule has 2 amide bonds. The molecule has 0 saturated heterocycles. The van der Waals surface area contributed by atoms with E-state index in [0.29, 0.717) is 28.9 Å². The van der Waals surface area contributed by atoms with Gasteiger partial charge in [0.2, 0.25) is 5.91 Å². The Morgan fingerprint density at radius 3 is 2.60 bits per heavy atom. The minimum absolute atomic E-state index is 0.0246. The highest BCUT2D eigenvalue weighted by Gasteiger charge is 2.33. The van der Waals surface area contributed by atoms with Crippen LogP contribution >= 0.6 is 0 Å². The second-order valence-electron chi connectivity index (χ2n) is 11.3. The summed E-state index contributed by atoms with van der Waals surface area (Å²) < 4.78 is 3.24. The second kappa shape index (κ2) is 12.6. The number of ketones is 1. The zero-order valence-electron chi connectivity index (χ0n) is 23.9. The number of carbonyl (C=O) groups excluding carboxylic acids is 3. The molecule has 0 radical (unpaired) electrons. The van der Waals surface area contributed by atoms with Crippen LogP contribution in [-0.2, 0) is 27.5 Å². The quantitative estimate of drug-likeness (QED) is 0.238. The number of Topliss-reactive ketones (excluding diaryl/α,β-unsaturated/α-hetero) is 1. The van der Waals surface area contributed by atoms with E-state index in [0.717, 1.165) is 40.5 Å². The van der Waals surface area contributed by atoms with Gasteiger partial charge >= 0.3 is 17.3 Å². The van der Waals surface area contributed by atoms with Gasteiger partial charge in [-0.25, -0.2) is 28.5 Å². The van der Waals surface area contributed by atoms with Gasteiger partial charge in [0.1, 0.15) is 0 Å². The normalized spacial score (nSPS) is 17.6. The SMILES string of the molecule is CC(=O)[C@H](CC(=O)O)NC(=O)[C@@H]1C=C(CC2CCCCC2)Cn2c(=O)n(CCNC(=O)c3ccc4nc[nH]c4c3)c(=O)n21. The van der Waals surface area contributed by atoms with Gasteiger partial charge < -0.3 is 20.7 Å². The molecule has 2 aliphatic rings. The van der Waals surface area contributed by atoms with Gasteiger partial charge in [-0.3, -0.25) is 19.2 Å². The Kier molecular flexibility index (Phi) is 8.73. The lowest BCUT2D eigenvalue weighted by molar-refractivity contribution is -0.140. The van der Waals surface area contributed by atoms with Crippen molar-refractivity contribution in [1.82, 2.24) is 34.5 Å². The number of allylic oxidation sites excluding steroid dienone is 1. The smallest absolute Gasteiger partial charge is 0.348 e. The highest BCUT2D eigenvalue weighted by Crippen LogP contribution is 2.31. The predicted octanol–water partition coefficient (Wildman–Crippen LogP) is 1.12. The van der Waals surface area contributed by atoms with Crippen LogP contribution in [0.15, 0.2) is 45.8 Å². The number of rotatable bonds is 11. The molecule has 0 unspecified atom stereocenters. The first kappa shape index (κ1) is 29.7. The first-order valence-corrected chi connectivity index (χ1v) is 14.5. The van der Waals surface area contributed by atoms with Gasteiger partial charge in [0.15, 0.2) is 11.8 Å². The van der Waals surface area contributed by atoms with Crippen LogP contribution in [0, 0.1) is 5.92 Å². The number of nitrogens with zero attached hydrogens (tertiary/aromatic N) is 4. The van der Waals surface area contributed by atoms with Gasteiger partial charge in [0.05, 0.1) is 36.4 Å². The lowest BCUT2D eigenvalue weighted by atomic mass is 9.84. The Morgan fingerprint density at radius 2 is 1.88 bits per heavy atom. The third kappa shape index (κ3) is 6.52. The summed E-state index contributed by atoms with van der Waals surface area (Å²) in [6.45, 7) is 1.15. The van der Waals surface area contributed by atoms with Crippen molar-refractivity contribution in [3.05, 3.63) is 62.7 Å². The molecule has 2 atom stereocenters. The number of benzene rings is 1. The summed E-state index contributed by atoms with van der Waals surface area (Å²) in [4.78, 5) is 83.6. The number of imidazole rings is 1. The van der Waals surface area contributed by atoms with Gasteiger partial charge in [-0.05, 0) is 49.1 Å². The van der Waals surface area contributed by atoms with E-state index in [4.69, 9.17) is 0 Å². The van der Waals surface area contributed by atoms with Crippen LogP contribution in [0.5, 0.6) is 0 Å². The van der Waals surface area contributed by atoms with Crippen LogP contribution < -0.4 is 22.0 Å². The molecular weight excluding hydrogens is 558 g/mol. The van der Waals surface area contributed by atoms with Crippen LogP contribution in [0.2, 0.25) is 0 Å². The number of carbonyl (C=O) groups is 4. The lowest BCUT2D eigenvalue weighted by Crippen LogP contribution is -2.48. The molecule has 5 rings (SSSR count). The van der Waals surface area contributed by atoms with Crippen molar-refractivity contribution < 1.29 is 24.3 Å². The molecule has 1 aromatic carbocycles. The average molecular weight is 594 g/mol. The van der Waals surface area contributed by atoms with Crippen LogP contribution in [0.25, 0.3) is 11.0 Å². The third-order valence-corrected chi connectivity index (χ3v) is 8.18. The first-order chi connectivity index (χ1) is 20.6. The number of carboxylic acids is 1. The summed E-state index contributed by atoms with van der Waals surface area (Å²) in [6.07, 6.45) is 8.70. The van der Waals surface area contributed by atoms with E-state index < -0.39 is 53.5 Å². The number of hydrogen-bond donors (Lipinski definition) is 4. The zero-order chi connectivity index (χ0) is 30.7. The van der Waals surface area contributed by atoms with E-state index in [1.54, 1.807) is 24.3 Å². The van der Waals surface area contributed by atoms with Gasteiger partial charge in [0.25, 0.3) is 5.91 Å². The number of aromatic nitrogens is 5. The number of H-pyrrole nitrogens is 1. The molecule has 4 N–H and O–H groups in total. The van der Waals surface area contributed by atoms with Crippen molar-refractivity contribution in [1.29, 1.82) is 0 Å². The summed E-state index contributed by atoms with van der Waals surface area (Å²) in [5.41, 5.74) is 1.24. The Hall–Kier alpha value is -4.75. The zero-order valence-corrected chi connectivity index (χ0v) is 23.9. The number of fused-ring (bicyclic) bond motifs is 2. The number of aliphatic carboxylic acids is 1. The fourth-order valence-corrected chi connectivity index (χ4v) is 5.95. The standard InChI is InChI=1S/C29H35N7O7/c1-17(37)22(14-25(38)39)33-27(41)24-12-19(11-18-5-3-2-4-6-18)15-35-28(42)34(29(43)36(24)35)10-9-30-26(40)20-7-8-21-23(13-20)32-16-31-21/h7-8,12-13,16,18,22,24H,2-6,9-11,14-15H2,1H3,(H,30,40)(H,31,32)(H,33,41)(H,38,39)/t22-,24-/m0/s1. The minimum Gasteiger partial charge on any atom is -0.481 e. The molecule has 1 aliphatic carbocycles. The molecular formula is C29H35N7O7. The maximum Gasteiger partial charge on any atom is 0.348 e. The van der Waals surface area contributed by atoms with E-state index >= 15 is 0 Å². The Labute approximate surface area is 245 Å². The monoisotopic (exact) mass is 593 g/mol. The Bertz CT molecular complexity index is 1700. The van der Waals surface area contributed by atoms with Crippen LogP contribution in [0.3, 0.4) is 0 Å². The van der Waals surface area contributed by atoms with E-state index in [9.17, 15) is 33.9 Å². The maximum absolute atomic E-state index is 13.5. The molecule has 228 valence electrons. The van der Waals surface area contributed by atoms with Crippen molar-refractivity contribution in [2.24, 2.45) is 5.92 Å². The van der Waals surface area contributed by atoms with Crippen molar-refractivity contribution in [3.63, 3.8) is 0 Å². The second-order valence-corrected chi connectivity index (χ2v) is 11.3. The average Bonchev–Trinajstić information content (AvgIpc) is 3.54. The first-order valence-electron chi connectivity index (χ1n) is 14.5. The largest absolute Gasteiger partial charge is 0.481 e. The molecule has 3 aromatic rings. The molecule has 14 heteroatoms. The van der Waals surface area contributed by atoms with Crippen molar-refractivity contribution in [2.45, 2.75) is 77.0 Å². The Balaban J connectivity index is 1.37. The molecule has 3 heterocycles. The molecule has 1 fully saturated rings.